The van der Waals surface area contributed by atoms with Crippen molar-refractivity contribution in [2.75, 3.05) is 13.7 Å². The Morgan fingerprint density at radius 1 is 1.60 bits per heavy atom. The van der Waals surface area contributed by atoms with Gasteiger partial charge in [0.15, 0.2) is 0 Å². The van der Waals surface area contributed by atoms with Crippen LogP contribution >= 0.6 is 0 Å². The van der Waals surface area contributed by atoms with Crippen molar-refractivity contribution in [2.45, 2.75) is 13.0 Å². The van der Waals surface area contributed by atoms with E-state index in [1.54, 1.807) is 7.11 Å². The highest BCUT2D eigenvalue weighted by Gasteiger charge is 2.06. The van der Waals surface area contributed by atoms with Crippen molar-refractivity contribution in [2.24, 2.45) is 0 Å². The first kappa shape index (κ1) is 11.5. The number of aromatic nitrogens is 1. The summed E-state index contributed by atoms with van der Waals surface area (Å²) in [6, 6.07) is 1.43. The van der Waals surface area contributed by atoms with E-state index in [9.17, 15) is 4.79 Å². The quantitative estimate of drug-likeness (QED) is 0.792. The molecule has 0 fully saturated rings. The van der Waals surface area contributed by atoms with Crippen LogP contribution in [-0.4, -0.2) is 35.9 Å². The molecular formula is C10H13NO4. The highest BCUT2D eigenvalue weighted by Crippen LogP contribution is 2.11. The number of ether oxygens (including phenoxy) is 2. The smallest absolute Gasteiger partial charge is 0.337 e. The summed E-state index contributed by atoms with van der Waals surface area (Å²) in [4.78, 5) is 14.4. The van der Waals surface area contributed by atoms with Crippen LogP contribution in [0.15, 0.2) is 18.5 Å². The Bertz CT molecular complexity index is 340. The summed E-state index contributed by atoms with van der Waals surface area (Å²) in [6.07, 6.45) is 2.70. The fraction of sp³-hybridized carbons (Fsp3) is 0.400. The summed E-state index contributed by atoms with van der Waals surface area (Å²) in [5, 5.41) is 8.71. The molecule has 0 aliphatic heterocycles. The van der Waals surface area contributed by atoms with E-state index in [-0.39, 0.29) is 11.7 Å². The van der Waals surface area contributed by atoms with Crippen LogP contribution in [0.25, 0.3) is 0 Å². The maximum Gasteiger partial charge on any atom is 0.337 e. The molecule has 0 aromatic carbocycles. The highest BCUT2D eigenvalue weighted by atomic mass is 16.5. The molecule has 5 nitrogen and oxygen atoms in total. The SMILES string of the molecule is COC(C)COc1cncc(C(=O)O)c1. The van der Waals surface area contributed by atoms with Gasteiger partial charge in [-0.3, -0.25) is 4.98 Å². The van der Waals surface area contributed by atoms with E-state index >= 15 is 0 Å². The van der Waals surface area contributed by atoms with Crippen molar-refractivity contribution in [3.05, 3.63) is 24.0 Å². The van der Waals surface area contributed by atoms with Gasteiger partial charge in [0, 0.05) is 13.3 Å². The number of methoxy groups -OCH3 is 1. The van der Waals surface area contributed by atoms with E-state index in [1.165, 1.54) is 18.5 Å². The molecule has 5 heteroatoms. The first-order chi connectivity index (χ1) is 7.13. The third-order valence-electron chi connectivity index (χ3n) is 1.85. The molecule has 1 unspecified atom stereocenters. The molecule has 1 aromatic heterocycles. The average molecular weight is 211 g/mol. The van der Waals surface area contributed by atoms with Crippen molar-refractivity contribution in [3.8, 4) is 5.75 Å². The van der Waals surface area contributed by atoms with Gasteiger partial charge in [0.1, 0.15) is 12.4 Å². The summed E-state index contributed by atoms with van der Waals surface area (Å²) >= 11 is 0. The molecule has 0 saturated carbocycles. The Morgan fingerprint density at radius 3 is 2.93 bits per heavy atom. The van der Waals surface area contributed by atoms with Gasteiger partial charge in [-0.1, -0.05) is 0 Å². The fourth-order valence-electron chi connectivity index (χ4n) is 0.896. The number of carboxylic acids is 1. The Kier molecular flexibility index (Phi) is 4.05. The zero-order valence-corrected chi connectivity index (χ0v) is 8.64. The van der Waals surface area contributed by atoms with Gasteiger partial charge in [-0.05, 0) is 13.0 Å². The van der Waals surface area contributed by atoms with E-state index in [0.717, 1.165) is 0 Å². The molecule has 82 valence electrons. The normalized spacial score (nSPS) is 12.1. The first-order valence-corrected chi connectivity index (χ1v) is 4.47. The van der Waals surface area contributed by atoms with E-state index in [4.69, 9.17) is 14.6 Å². The number of hydrogen-bond acceptors (Lipinski definition) is 4. The molecule has 1 heterocycles. The number of hydrogen-bond donors (Lipinski definition) is 1. The zero-order valence-electron chi connectivity index (χ0n) is 8.64. The van der Waals surface area contributed by atoms with Crippen LogP contribution in [0.4, 0.5) is 0 Å². The molecule has 0 saturated heterocycles. The molecule has 15 heavy (non-hydrogen) atoms. The van der Waals surface area contributed by atoms with Gasteiger partial charge in [-0.15, -0.1) is 0 Å². The Hall–Kier alpha value is -1.62. The predicted octanol–water partition coefficient (Wildman–Crippen LogP) is 1.19. The first-order valence-electron chi connectivity index (χ1n) is 4.47. The highest BCUT2D eigenvalue weighted by molar-refractivity contribution is 5.87. The Balaban J connectivity index is 2.62. The van der Waals surface area contributed by atoms with Crippen molar-refractivity contribution in [1.82, 2.24) is 4.98 Å². The molecule has 0 radical (unpaired) electrons. The van der Waals surface area contributed by atoms with Crippen molar-refractivity contribution >= 4 is 5.97 Å². The Labute approximate surface area is 87.7 Å². The summed E-state index contributed by atoms with van der Waals surface area (Å²) in [7, 11) is 1.58. The van der Waals surface area contributed by atoms with Crippen molar-refractivity contribution < 1.29 is 19.4 Å². The number of nitrogens with zero attached hydrogens (tertiary/aromatic N) is 1. The second-order valence-electron chi connectivity index (χ2n) is 3.07. The van der Waals surface area contributed by atoms with Gasteiger partial charge >= 0.3 is 5.97 Å². The molecule has 1 rings (SSSR count). The van der Waals surface area contributed by atoms with Crippen LogP contribution in [0.1, 0.15) is 17.3 Å². The molecule has 0 bridgehead atoms. The van der Waals surface area contributed by atoms with Gasteiger partial charge in [0.2, 0.25) is 0 Å². The fourth-order valence-corrected chi connectivity index (χ4v) is 0.896. The largest absolute Gasteiger partial charge is 0.489 e. The zero-order chi connectivity index (χ0) is 11.3. The molecule has 1 aromatic rings. The summed E-state index contributed by atoms with van der Waals surface area (Å²) < 4.78 is 10.3. The van der Waals surface area contributed by atoms with Gasteiger partial charge < -0.3 is 14.6 Å². The second kappa shape index (κ2) is 5.31. The molecule has 1 atom stereocenters. The molecule has 0 spiro atoms. The van der Waals surface area contributed by atoms with Crippen molar-refractivity contribution in [1.29, 1.82) is 0 Å². The number of carbonyl (C=O) groups is 1. The lowest BCUT2D eigenvalue weighted by Gasteiger charge is -2.11. The maximum absolute atomic E-state index is 10.6. The van der Waals surface area contributed by atoms with Gasteiger partial charge in [0.05, 0.1) is 17.9 Å². The molecule has 0 aliphatic carbocycles. The van der Waals surface area contributed by atoms with Crippen LogP contribution in [0.3, 0.4) is 0 Å². The molecule has 0 amide bonds. The van der Waals surface area contributed by atoms with Crippen molar-refractivity contribution in [3.63, 3.8) is 0 Å². The minimum Gasteiger partial charge on any atom is -0.489 e. The lowest BCUT2D eigenvalue weighted by Crippen LogP contribution is -2.16. The second-order valence-corrected chi connectivity index (χ2v) is 3.07. The topological polar surface area (TPSA) is 68.7 Å². The molecule has 1 N–H and O–H groups in total. The van der Waals surface area contributed by atoms with E-state index in [2.05, 4.69) is 4.98 Å². The monoisotopic (exact) mass is 211 g/mol. The van der Waals surface area contributed by atoms with Crippen LogP contribution in [0, 0.1) is 0 Å². The van der Waals surface area contributed by atoms with Crippen LogP contribution < -0.4 is 4.74 Å². The van der Waals surface area contributed by atoms with E-state index in [0.29, 0.717) is 12.4 Å². The average Bonchev–Trinajstić information content (AvgIpc) is 2.26. The standard InChI is InChI=1S/C10H13NO4/c1-7(14-2)6-15-9-3-8(10(12)13)4-11-5-9/h3-5,7H,6H2,1-2H3,(H,12,13). The number of rotatable bonds is 5. The van der Waals surface area contributed by atoms with Crippen LogP contribution in [0.2, 0.25) is 0 Å². The summed E-state index contributed by atoms with van der Waals surface area (Å²) in [6.45, 7) is 2.22. The lowest BCUT2D eigenvalue weighted by molar-refractivity contribution is 0.0687. The minimum atomic E-state index is -1.02. The molecule has 0 aliphatic rings. The molecular weight excluding hydrogens is 198 g/mol. The number of pyridine rings is 1. The van der Waals surface area contributed by atoms with Crippen LogP contribution in [0.5, 0.6) is 5.75 Å². The van der Waals surface area contributed by atoms with Crippen LogP contribution in [-0.2, 0) is 4.74 Å². The van der Waals surface area contributed by atoms with Gasteiger partial charge in [-0.25, -0.2) is 4.79 Å². The minimum absolute atomic E-state index is 0.0431. The summed E-state index contributed by atoms with van der Waals surface area (Å²) in [5.74, 6) is -0.591. The van der Waals surface area contributed by atoms with Gasteiger partial charge in [0.25, 0.3) is 0 Å². The summed E-state index contributed by atoms with van der Waals surface area (Å²) in [5.41, 5.74) is 0.109. The third-order valence-corrected chi connectivity index (χ3v) is 1.85. The lowest BCUT2D eigenvalue weighted by atomic mass is 10.3. The van der Waals surface area contributed by atoms with E-state index in [1.807, 2.05) is 6.92 Å². The number of aromatic carboxylic acids is 1. The predicted molar refractivity (Wildman–Crippen MR) is 53.2 cm³/mol. The Morgan fingerprint density at radius 2 is 2.33 bits per heavy atom. The maximum atomic E-state index is 10.6. The third kappa shape index (κ3) is 3.55. The number of carboxylic acid groups (broad SMARTS) is 1. The van der Waals surface area contributed by atoms with Gasteiger partial charge in [-0.2, -0.15) is 0 Å². The van der Waals surface area contributed by atoms with E-state index < -0.39 is 5.97 Å².